The molecule has 0 radical (unpaired) electrons. The van der Waals surface area contributed by atoms with E-state index in [-0.39, 0.29) is 23.5 Å². The van der Waals surface area contributed by atoms with Crippen molar-refractivity contribution in [3.63, 3.8) is 0 Å². The predicted molar refractivity (Wildman–Crippen MR) is 116 cm³/mol. The summed E-state index contributed by atoms with van der Waals surface area (Å²) >= 11 is 1.38. The van der Waals surface area contributed by atoms with E-state index in [1.165, 1.54) is 23.9 Å². The highest BCUT2D eigenvalue weighted by molar-refractivity contribution is 7.99. The monoisotopic (exact) mass is 425 g/mol. The minimum atomic E-state index is -0.264. The topological polar surface area (TPSA) is 63.9 Å². The van der Waals surface area contributed by atoms with Gasteiger partial charge in [-0.3, -0.25) is 9.78 Å². The van der Waals surface area contributed by atoms with Gasteiger partial charge in [-0.05, 0) is 62.1 Å². The second-order valence-corrected chi connectivity index (χ2v) is 8.33. The van der Waals surface area contributed by atoms with Gasteiger partial charge in [0.2, 0.25) is 5.91 Å². The van der Waals surface area contributed by atoms with Crippen LogP contribution in [0.3, 0.4) is 0 Å². The number of hydrogen-bond donors (Lipinski definition) is 0. The first-order chi connectivity index (χ1) is 14.6. The number of halogens is 1. The quantitative estimate of drug-likeness (QED) is 0.550. The van der Waals surface area contributed by atoms with Crippen LogP contribution in [-0.2, 0) is 17.8 Å². The molecule has 0 aliphatic carbocycles. The highest BCUT2D eigenvalue weighted by Crippen LogP contribution is 2.32. The molecule has 0 fully saturated rings. The summed E-state index contributed by atoms with van der Waals surface area (Å²) in [6, 6.07) is 10.4. The van der Waals surface area contributed by atoms with Crippen molar-refractivity contribution in [2.24, 2.45) is 0 Å². The van der Waals surface area contributed by atoms with E-state index in [0.717, 1.165) is 42.8 Å². The lowest BCUT2D eigenvalue weighted by Crippen LogP contribution is -2.43. The number of pyridine rings is 1. The number of fused-ring (bicyclic) bond motifs is 1. The molecule has 0 spiro atoms. The van der Waals surface area contributed by atoms with Gasteiger partial charge in [0.05, 0.1) is 5.75 Å². The second kappa shape index (κ2) is 8.95. The fourth-order valence-electron chi connectivity index (χ4n) is 3.80. The van der Waals surface area contributed by atoms with Gasteiger partial charge in [-0.2, -0.15) is 0 Å². The molecule has 30 heavy (non-hydrogen) atoms. The van der Waals surface area contributed by atoms with Gasteiger partial charge in [0.1, 0.15) is 11.5 Å². The van der Waals surface area contributed by atoms with Gasteiger partial charge in [-0.25, -0.2) is 4.39 Å². The summed E-state index contributed by atoms with van der Waals surface area (Å²) in [6.07, 6.45) is 4.25. The van der Waals surface area contributed by atoms with E-state index in [1.54, 1.807) is 17.2 Å². The van der Waals surface area contributed by atoms with Crippen LogP contribution in [0.15, 0.2) is 47.8 Å². The normalized spacial score (nSPS) is 15.8. The summed E-state index contributed by atoms with van der Waals surface area (Å²) in [5.74, 6) is 0.676. The van der Waals surface area contributed by atoms with Gasteiger partial charge in [0.15, 0.2) is 11.0 Å². The Hall–Kier alpha value is -2.74. The van der Waals surface area contributed by atoms with Crippen molar-refractivity contribution in [2.75, 3.05) is 10.7 Å². The van der Waals surface area contributed by atoms with Gasteiger partial charge in [-0.15, -0.1) is 10.2 Å². The molecule has 3 heterocycles. The lowest BCUT2D eigenvalue weighted by Gasteiger charge is -2.35. The molecule has 2 aromatic heterocycles. The molecule has 1 atom stereocenters. The van der Waals surface area contributed by atoms with Gasteiger partial charge in [0, 0.05) is 24.5 Å². The van der Waals surface area contributed by atoms with Crippen molar-refractivity contribution >= 4 is 23.4 Å². The molecular formula is C22H24FN5OS. The number of benzene rings is 1. The maximum absolute atomic E-state index is 13.6. The molecule has 1 amide bonds. The Labute approximate surface area is 179 Å². The Balaban J connectivity index is 1.54. The molecule has 0 bridgehead atoms. The van der Waals surface area contributed by atoms with Crippen molar-refractivity contribution in [1.29, 1.82) is 0 Å². The molecule has 0 N–H and O–H groups in total. The summed E-state index contributed by atoms with van der Waals surface area (Å²) in [7, 11) is 0. The number of aromatic nitrogens is 4. The largest absolute Gasteiger partial charge is 0.309 e. The number of rotatable bonds is 6. The highest BCUT2D eigenvalue weighted by atomic mass is 32.2. The number of carbonyl (C=O) groups is 1. The standard InChI is InChI=1S/C22H24FN5OS/c1-3-12-27-21(18-6-4-5-11-24-18)25-26-22(27)30-14-20(29)28-15(2)7-8-16-13-17(23)9-10-19(16)28/h4-6,9-11,13,15H,3,7-8,12,14H2,1-2H3/t15-/m1/s1. The maximum atomic E-state index is 13.6. The number of thioether (sulfide) groups is 1. The fraction of sp³-hybridized carbons (Fsp3) is 0.364. The SMILES string of the molecule is CCCn1c(SCC(=O)N2c3ccc(F)cc3CC[C@H]2C)nnc1-c1ccccn1. The van der Waals surface area contributed by atoms with Crippen LogP contribution in [0.5, 0.6) is 0 Å². The van der Waals surface area contributed by atoms with E-state index >= 15 is 0 Å². The van der Waals surface area contributed by atoms with Crippen LogP contribution in [0.1, 0.15) is 32.3 Å². The molecule has 156 valence electrons. The first-order valence-corrected chi connectivity index (χ1v) is 11.1. The van der Waals surface area contributed by atoms with Crippen LogP contribution in [0.25, 0.3) is 11.5 Å². The highest BCUT2D eigenvalue weighted by Gasteiger charge is 2.29. The maximum Gasteiger partial charge on any atom is 0.237 e. The first-order valence-electron chi connectivity index (χ1n) is 10.2. The average molecular weight is 426 g/mol. The van der Waals surface area contributed by atoms with Gasteiger partial charge in [-0.1, -0.05) is 24.8 Å². The summed E-state index contributed by atoms with van der Waals surface area (Å²) in [6.45, 7) is 4.87. The molecule has 8 heteroatoms. The van der Waals surface area contributed by atoms with E-state index in [0.29, 0.717) is 11.0 Å². The second-order valence-electron chi connectivity index (χ2n) is 7.39. The Bertz CT molecular complexity index is 1040. The zero-order chi connectivity index (χ0) is 21.1. The number of amides is 1. The van der Waals surface area contributed by atoms with E-state index in [4.69, 9.17) is 0 Å². The van der Waals surface area contributed by atoms with Crippen molar-refractivity contribution in [3.8, 4) is 11.5 Å². The zero-order valence-corrected chi connectivity index (χ0v) is 17.9. The Morgan fingerprint density at radius 2 is 2.13 bits per heavy atom. The minimum absolute atomic E-state index is 0.00880. The Kier molecular flexibility index (Phi) is 6.13. The van der Waals surface area contributed by atoms with E-state index in [9.17, 15) is 9.18 Å². The molecular weight excluding hydrogens is 401 g/mol. The Morgan fingerprint density at radius 3 is 2.90 bits per heavy atom. The molecule has 6 nitrogen and oxygen atoms in total. The van der Waals surface area contributed by atoms with E-state index in [2.05, 4.69) is 22.1 Å². The fourth-order valence-corrected chi connectivity index (χ4v) is 4.63. The lowest BCUT2D eigenvalue weighted by atomic mass is 9.96. The summed E-state index contributed by atoms with van der Waals surface area (Å²) in [5.41, 5.74) is 2.46. The van der Waals surface area contributed by atoms with Crippen molar-refractivity contribution in [2.45, 2.75) is 50.9 Å². The summed E-state index contributed by atoms with van der Waals surface area (Å²) in [4.78, 5) is 19.3. The smallest absolute Gasteiger partial charge is 0.237 e. The van der Waals surface area contributed by atoms with Crippen LogP contribution >= 0.6 is 11.8 Å². The predicted octanol–water partition coefficient (Wildman–Crippen LogP) is 4.35. The molecule has 1 aliphatic rings. The molecule has 0 saturated carbocycles. The number of carbonyl (C=O) groups excluding carboxylic acids is 1. The van der Waals surface area contributed by atoms with Crippen LogP contribution in [0.4, 0.5) is 10.1 Å². The summed E-state index contributed by atoms with van der Waals surface area (Å²) in [5, 5.41) is 9.34. The number of nitrogens with zero attached hydrogens (tertiary/aromatic N) is 5. The van der Waals surface area contributed by atoms with E-state index < -0.39 is 0 Å². The molecule has 0 unspecified atom stereocenters. The third kappa shape index (κ3) is 4.09. The van der Waals surface area contributed by atoms with Crippen LogP contribution < -0.4 is 4.90 Å². The zero-order valence-electron chi connectivity index (χ0n) is 17.1. The van der Waals surface area contributed by atoms with Crippen molar-refractivity contribution in [1.82, 2.24) is 19.7 Å². The molecule has 0 saturated heterocycles. The van der Waals surface area contributed by atoms with E-state index in [1.807, 2.05) is 29.7 Å². The lowest BCUT2D eigenvalue weighted by molar-refractivity contribution is -0.116. The number of aryl methyl sites for hydroxylation is 1. The van der Waals surface area contributed by atoms with Crippen molar-refractivity contribution in [3.05, 3.63) is 54.0 Å². The molecule has 1 aromatic carbocycles. The third-order valence-corrected chi connectivity index (χ3v) is 6.18. The number of hydrogen-bond acceptors (Lipinski definition) is 5. The van der Waals surface area contributed by atoms with Crippen LogP contribution in [-0.4, -0.2) is 37.5 Å². The first kappa shape index (κ1) is 20.5. The summed E-state index contributed by atoms with van der Waals surface area (Å²) < 4.78 is 15.6. The molecule has 4 rings (SSSR count). The van der Waals surface area contributed by atoms with Gasteiger partial charge in [0.25, 0.3) is 0 Å². The Morgan fingerprint density at radius 1 is 1.27 bits per heavy atom. The van der Waals surface area contributed by atoms with Gasteiger partial charge < -0.3 is 9.47 Å². The minimum Gasteiger partial charge on any atom is -0.309 e. The number of anilines is 1. The molecule has 1 aliphatic heterocycles. The van der Waals surface area contributed by atoms with Crippen LogP contribution in [0.2, 0.25) is 0 Å². The van der Waals surface area contributed by atoms with Crippen molar-refractivity contribution < 1.29 is 9.18 Å². The molecule has 3 aromatic rings. The third-order valence-electron chi connectivity index (χ3n) is 5.22. The van der Waals surface area contributed by atoms with Gasteiger partial charge >= 0.3 is 0 Å². The average Bonchev–Trinajstić information content (AvgIpc) is 3.15. The van der Waals surface area contributed by atoms with Crippen LogP contribution in [0, 0.1) is 5.82 Å².